The molecule has 0 atom stereocenters. The van der Waals surface area contributed by atoms with Gasteiger partial charge >= 0.3 is 0 Å². The number of nitrogens with two attached hydrogens (primary N) is 1. The summed E-state index contributed by atoms with van der Waals surface area (Å²) in [7, 11) is 1.70. The monoisotopic (exact) mass is 263 g/mol. The van der Waals surface area contributed by atoms with Crippen molar-refractivity contribution < 1.29 is 4.79 Å². The Morgan fingerprint density at radius 2 is 2.32 bits per heavy atom. The first kappa shape index (κ1) is 13.1. The van der Waals surface area contributed by atoms with Crippen LogP contribution in [0.25, 0.3) is 0 Å². The van der Waals surface area contributed by atoms with Crippen molar-refractivity contribution in [1.82, 2.24) is 30.1 Å². The second-order valence-corrected chi connectivity index (χ2v) is 4.25. The van der Waals surface area contributed by atoms with E-state index in [9.17, 15) is 4.79 Å². The van der Waals surface area contributed by atoms with Crippen LogP contribution < -0.4 is 11.1 Å². The number of amides is 1. The molecule has 2 aromatic rings. The molecule has 19 heavy (non-hydrogen) atoms. The van der Waals surface area contributed by atoms with Gasteiger partial charge in [0, 0.05) is 26.3 Å². The fraction of sp³-hybridized carbons (Fsp3) is 0.455. The molecular weight excluding hydrogens is 246 g/mol. The van der Waals surface area contributed by atoms with Crippen LogP contribution in [0.5, 0.6) is 0 Å². The molecule has 0 bridgehead atoms. The van der Waals surface area contributed by atoms with Gasteiger partial charge in [0.05, 0.1) is 17.6 Å². The minimum atomic E-state index is -0.209. The van der Waals surface area contributed by atoms with Gasteiger partial charge in [-0.2, -0.15) is 5.10 Å². The van der Waals surface area contributed by atoms with Gasteiger partial charge in [-0.3, -0.25) is 14.2 Å². The molecule has 0 unspecified atom stereocenters. The zero-order valence-corrected chi connectivity index (χ0v) is 11.0. The molecule has 8 nitrogen and oxygen atoms in total. The van der Waals surface area contributed by atoms with Gasteiger partial charge in [-0.15, -0.1) is 5.10 Å². The molecule has 0 saturated carbocycles. The first-order valence-corrected chi connectivity index (χ1v) is 6.01. The second-order valence-electron chi connectivity index (χ2n) is 4.25. The molecule has 3 N–H and O–H groups in total. The van der Waals surface area contributed by atoms with Gasteiger partial charge in [-0.05, 0) is 13.3 Å². The third kappa shape index (κ3) is 2.90. The minimum Gasteiger partial charge on any atom is -0.395 e. The van der Waals surface area contributed by atoms with Crippen molar-refractivity contribution >= 4 is 11.6 Å². The van der Waals surface area contributed by atoms with E-state index in [1.807, 2.05) is 0 Å². The Kier molecular flexibility index (Phi) is 3.79. The van der Waals surface area contributed by atoms with E-state index in [4.69, 9.17) is 5.73 Å². The van der Waals surface area contributed by atoms with E-state index in [0.717, 1.165) is 6.42 Å². The Hall–Kier alpha value is -2.38. The van der Waals surface area contributed by atoms with Crippen LogP contribution in [0.2, 0.25) is 0 Å². The summed E-state index contributed by atoms with van der Waals surface area (Å²) in [5.41, 5.74) is 7.31. The van der Waals surface area contributed by atoms with Crippen molar-refractivity contribution in [1.29, 1.82) is 0 Å². The van der Waals surface area contributed by atoms with Crippen molar-refractivity contribution in [3.63, 3.8) is 0 Å². The van der Waals surface area contributed by atoms with Crippen molar-refractivity contribution in [2.75, 3.05) is 12.3 Å². The van der Waals surface area contributed by atoms with E-state index in [-0.39, 0.29) is 5.91 Å². The number of hydrogen-bond acceptors (Lipinski definition) is 5. The highest BCUT2D eigenvalue weighted by molar-refractivity contribution is 5.97. The Morgan fingerprint density at radius 3 is 2.89 bits per heavy atom. The number of carbonyl (C=O) groups excluding carboxylic acids is 1. The predicted octanol–water partition coefficient (Wildman–Crippen LogP) is -0.278. The van der Waals surface area contributed by atoms with Gasteiger partial charge in [0.1, 0.15) is 5.69 Å². The Bertz CT molecular complexity index is 558. The van der Waals surface area contributed by atoms with E-state index < -0.39 is 0 Å². The quantitative estimate of drug-likeness (QED) is 0.722. The second kappa shape index (κ2) is 5.51. The normalized spacial score (nSPS) is 10.6. The third-order valence-corrected chi connectivity index (χ3v) is 2.81. The molecule has 0 aromatic carbocycles. The van der Waals surface area contributed by atoms with Gasteiger partial charge in [0.2, 0.25) is 0 Å². The van der Waals surface area contributed by atoms with E-state index in [1.54, 1.807) is 31.0 Å². The van der Waals surface area contributed by atoms with Crippen LogP contribution in [0.3, 0.4) is 0 Å². The number of aryl methyl sites for hydroxylation is 3. The van der Waals surface area contributed by atoms with Crippen LogP contribution >= 0.6 is 0 Å². The molecule has 2 aromatic heterocycles. The summed E-state index contributed by atoms with van der Waals surface area (Å²) in [6, 6.07) is 0. The SMILES string of the molecule is Cc1nn(C)c(C(=O)NCCCn2ccnn2)c1N. The van der Waals surface area contributed by atoms with Crippen molar-refractivity contribution in [2.24, 2.45) is 7.05 Å². The molecule has 0 radical (unpaired) electrons. The molecule has 2 rings (SSSR count). The lowest BCUT2D eigenvalue weighted by Gasteiger charge is -2.06. The van der Waals surface area contributed by atoms with E-state index in [1.165, 1.54) is 4.68 Å². The van der Waals surface area contributed by atoms with Gasteiger partial charge in [0.15, 0.2) is 0 Å². The summed E-state index contributed by atoms with van der Waals surface area (Å²) in [5, 5.41) is 14.5. The van der Waals surface area contributed by atoms with Crippen LogP contribution in [0.15, 0.2) is 12.4 Å². The van der Waals surface area contributed by atoms with Crippen LogP contribution in [0.1, 0.15) is 22.6 Å². The summed E-state index contributed by atoms with van der Waals surface area (Å²) in [5.74, 6) is -0.209. The maximum absolute atomic E-state index is 12.0. The standard InChI is InChI=1S/C11H17N7O/c1-8-9(12)10(17(2)15-8)11(19)13-4-3-6-18-7-5-14-16-18/h5,7H,3-4,6,12H2,1-2H3,(H,13,19). The van der Waals surface area contributed by atoms with Gasteiger partial charge in [0.25, 0.3) is 5.91 Å². The van der Waals surface area contributed by atoms with Crippen LogP contribution in [0, 0.1) is 6.92 Å². The lowest BCUT2D eigenvalue weighted by atomic mass is 10.3. The number of carbonyl (C=O) groups is 1. The maximum atomic E-state index is 12.0. The number of nitrogen functional groups attached to an aromatic ring is 1. The van der Waals surface area contributed by atoms with Crippen molar-refractivity contribution in [3.05, 3.63) is 23.8 Å². The molecular formula is C11H17N7O. The topological polar surface area (TPSA) is 104 Å². The Morgan fingerprint density at radius 1 is 1.53 bits per heavy atom. The van der Waals surface area contributed by atoms with Crippen LogP contribution in [-0.4, -0.2) is 37.2 Å². The molecule has 0 aliphatic heterocycles. The zero-order chi connectivity index (χ0) is 13.8. The predicted molar refractivity (Wildman–Crippen MR) is 69.3 cm³/mol. The molecule has 0 aliphatic carbocycles. The minimum absolute atomic E-state index is 0.209. The molecule has 8 heteroatoms. The number of rotatable bonds is 5. The summed E-state index contributed by atoms with van der Waals surface area (Å²) >= 11 is 0. The maximum Gasteiger partial charge on any atom is 0.271 e. The van der Waals surface area contributed by atoms with Gasteiger partial charge in [-0.25, -0.2) is 0 Å². The van der Waals surface area contributed by atoms with Crippen LogP contribution in [0.4, 0.5) is 5.69 Å². The molecule has 1 amide bonds. The van der Waals surface area contributed by atoms with E-state index >= 15 is 0 Å². The average Bonchev–Trinajstić information content (AvgIpc) is 2.95. The number of hydrogen-bond donors (Lipinski definition) is 2. The Balaban J connectivity index is 1.84. The first-order valence-electron chi connectivity index (χ1n) is 6.01. The van der Waals surface area contributed by atoms with Gasteiger partial charge in [-0.1, -0.05) is 5.21 Å². The summed E-state index contributed by atoms with van der Waals surface area (Å²) < 4.78 is 3.21. The molecule has 0 aliphatic rings. The summed E-state index contributed by atoms with van der Waals surface area (Å²) in [6.07, 6.45) is 4.17. The highest BCUT2D eigenvalue weighted by Crippen LogP contribution is 2.14. The Labute approximate surface area is 110 Å². The smallest absolute Gasteiger partial charge is 0.271 e. The van der Waals surface area contributed by atoms with Gasteiger partial charge < -0.3 is 11.1 Å². The number of anilines is 1. The highest BCUT2D eigenvalue weighted by Gasteiger charge is 2.17. The molecule has 2 heterocycles. The average molecular weight is 263 g/mol. The van der Waals surface area contributed by atoms with Crippen molar-refractivity contribution in [2.45, 2.75) is 19.9 Å². The fourth-order valence-corrected chi connectivity index (χ4v) is 1.82. The number of nitrogens with zero attached hydrogens (tertiary/aromatic N) is 5. The molecule has 0 spiro atoms. The fourth-order valence-electron chi connectivity index (χ4n) is 1.82. The summed E-state index contributed by atoms with van der Waals surface area (Å²) in [4.78, 5) is 12.0. The number of aromatic nitrogens is 5. The first-order chi connectivity index (χ1) is 9.09. The van der Waals surface area contributed by atoms with Crippen LogP contribution in [-0.2, 0) is 13.6 Å². The lowest BCUT2D eigenvalue weighted by molar-refractivity contribution is 0.0944. The molecule has 102 valence electrons. The third-order valence-electron chi connectivity index (χ3n) is 2.81. The van der Waals surface area contributed by atoms with E-state index in [0.29, 0.717) is 30.2 Å². The van der Waals surface area contributed by atoms with E-state index in [2.05, 4.69) is 20.7 Å². The zero-order valence-electron chi connectivity index (χ0n) is 11.0. The summed E-state index contributed by atoms with van der Waals surface area (Å²) in [6.45, 7) is 3.03. The van der Waals surface area contributed by atoms with Crippen molar-refractivity contribution in [3.8, 4) is 0 Å². The number of nitrogens with one attached hydrogen (secondary N) is 1. The highest BCUT2D eigenvalue weighted by atomic mass is 16.2. The molecule has 0 fully saturated rings. The molecule has 0 saturated heterocycles. The lowest BCUT2D eigenvalue weighted by Crippen LogP contribution is -2.28. The largest absolute Gasteiger partial charge is 0.395 e.